The molecule has 0 aliphatic rings. The monoisotopic (exact) mass is 401 g/mol. The molecule has 0 atom stereocenters. The van der Waals surface area contributed by atoms with Crippen molar-refractivity contribution in [1.29, 1.82) is 0 Å². The van der Waals surface area contributed by atoms with E-state index in [1.54, 1.807) is 39.1 Å². The second-order valence-corrected chi connectivity index (χ2v) is 7.66. The summed E-state index contributed by atoms with van der Waals surface area (Å²) in [4.78, 5) is 44.3. The van der Waals surface area contributed by atoms with Crippen LogP contribution in [0.25, 0.3) is 0 Å². The zero-order chi connectivity index (χ0) is 21.6. The van der Waals surface area contributed by atoms with Gasteiger partial charge < -0.3 is 14.5 Å². The van der Waals surface area contributed by atoms with Crippen LogP contribution in [0, 0.1) is 0 Å². The summed E-state index contributed by atoms with van der Waals surface area (Å²) in [6.45, 7) is 4.96. The maximum Gasteiger partial charge on any atom is 0.326 e. The van der Waals surface area contributed by atoms with E-state index in [1.165, 1.54) is 22.1 Å². The fourth-order valence-corrected chi connectivity index (χ4v) is 2.50. The summed E-state index contributed by atoms with van der Waals surface area (Å²) < 4.78 is 6.68. The van der Waals surface area contributed by atoms with Gasteiger partial charge in [0.15, 0.2) is 0 Å². The average Bonchev–Trinajstić information content (AvgIpc) is 3.11. The summed E-state index contributed by atoms with van der Waals surface area (Å²) in [6.07, 6.45) is 4.02. The third kappa shape index (κ3) is 6.95. The molecule has 2 aromatic rings. The molecule has 0 saturated carbocycles. The standard InChI is InChI=1S/C20H27N5O4/c1-20(2,3)29-19(28)13-25(16-8-6-15(7-9-16)23(4)5)18(27)12-17(26)22-24-11-10-21-14-24/h6-11,14H,12-13H2,1-5H3,(H,22,26). The Kier molecular flexibility index (Phi) is 6.98. The number of nitrogens with one attached hydrogen (secondary N) is 1. The maximum absolute atomic E-state index is 12.8. The third-order valence-corrected chi connectivity index (χ3v) is 3.76. The predicted molar refractivity (Wildman–Crippen MR) is 110 cm³/mol. The average molecular weight is 401 g/mol. The molecular formula is C20H27N5O4. The largest absolute Gasteiger partial charge is 0.459 e. The Morgan fingerprint density at radius 1 is 1.10 bits per heavy atom. The number of rotatable bonds is 7. The van der Waals surface area contributed by atoms with Crippen LogP contribution in [0.5, 0.6) is 0 Å². The van der Waals surface area contributed by atoms with Crippen molar-refractivity contribution >= 4 is 29.2 Å². The summed E-state index contributed by atoms with van der Waals surface area (Å²) >= 11 is 0. The summed E-state index contributed by atoms with van der Waals surface area (Å²) in [5, 5.41) is 0. The minimum Gasteiger partial charge on any atom is -0.459 e. The number of anilines is 2. The lowest BCUT2D eigenvalue weighted by atomic mass is 10.2. The lowest BCUT2D eigenvalue weighted by Crippen LogP contribution is -2.40. The zero-order valence-electron chi connectivity index (χ0n) is 17.4. The van der Waals surface area contributed by atoms with Crippen molar-refractivity contribution in [2.75, 3.05) is 35.9 Å². The van der Waals surface area contributed by atoms with Gasteiger partial charge in [0.2, 0.25) is 11.8 Å². The first-order valence-corrected chi connectivity index (χ1v) is 9.12. The molecule has 1 aromatic carbocycles. The number of amides is 2. The van der Waals surface area contributed by atoms with E-state index in [9.17, 15) is 14.4 Å². The van der Waals surface area contributed by atoms with Gasteiger partial charge in [-0.2, -0.15) is 0 Å². The number of nitrogens with zero attached hydrogens (tertiary/aromatic N) is 4. The van der Waals surface area contributed by atoms with Crippen LogP contribution in [0.2, 0.25) is 0 Å². The lowest BCUT2D eigenvalue weighted by molar-refractivity contribution is -0.153. The molecule has 0 spiro atoms. The van der Waals surface area contributed by atoms with Gasteiger partial charge in [0.05, 0.1) is 0 Å². The molecule has 0 bridgehead atoms. The Morgan fingerprint density at radius 2 is 1.72 bits per heavy atom. The van der Waals surface area contributed by atoms with Gasteiger partial charge in [-0.3, -0.25) is 19.8 Å². The summed E-state index contributed by atoms with van der Waals surface area (Å²) in [6, 6.07) is 7.11. The molecule has 0 radical (unpaired) electrons. The van der Waals surface area contributed by atoms with Crippen LogP contribution in [0.4, 0.5) is 11.4 Å². The van der Waals surface area contributed by atoms with Crippen LogP contribution in [0.3, 0.4) is 0 Å². The van der Waals surface area contributed by atoms with Crippen LogP contribution in [0.15, 0.2) is 43.0 Å². The summed E-state index contributed by atoms with van der Waals surface area (Å²) in [5.41, 5.74) is 3.28. The van der Waals surface area contributed by atoms with Crippen LogP contribution < -0.4 is 15.2 Å². The van der Waals surface area contributed by atoms with Gasteiger partial charge in [-0.05, 0) is 45.0 Å². The van der Waals surface area contributed by atoms with Crippen molar-refractivity contribution in [3.63, 3.8) is 0 Å². The van der Waals surface area contributed by atoms with Crippen molar-refractivity contribution in [2.45, 2.75) is 32.8 Å². The van der Waals surface area contributed by atoms with Crippen molar-refractivity contribution < 1.29 is 19.1 Å². The van der Waals surface area contributed by atoms with Crippen molar-refractivity contribution in [3.8, 4) is 0 Å². The first-order chi connectivity index (χ1) is 13.5. The van der Waals surface area contributed by atoms with E-state index in [1.807, 2.05) is 31.1 Å². The quantitative estimate of drug-likeness (QED) is 0.561. The van der Waals surface area contributed by atoms with Crippen LogP contribution in [0.1, 0.15) is 27.2 Å². The summed E-state index contributed by atoms with van der Waals surface area (Å²) in [7, 11) is 3.80. The van der Waals surface area contributed by atoms with Crippen LogP contribution in [-0.4, -0.2) is 53.7 Å². The fraction of sp³-hybridized carbons (Fsp3) is 0.400. The maximum atomic E-state index is 12.8. The Bertz CT molecular complexity index is 839. The smallest absolute Gasteiger partial charge is 0.326 e. The number of esters is 1. The molecule has 1 aromatic heterocycles. The van der Waals surface area contributed by atoms with Gasteiger partial charge in [-0.1, -0.05) is 0 Å². The Morgan fingerprint density at radius 3 is 2.24 bits per heavy atom. The zero-order valence-corrected chi connectivity index (χ0v) is 17.4. The number of hydrogen-bond donors (Lipinski definition) is 1. The molecule has 1 N–H and O–H groups in total. The third-order valence-electron chi connectivity index (χ3n) is 3.76. The molecule has 29 heavy (non-hydrogen) atoms. The van der Waals surface area contributed by atoms with E-state index in [-0.39, 0.29) is 6.54 Å². The van der Waals surface area contributed by atoms with E-state index >= 15 is 0 Å². The molecule has 1 heterocycles. The number of benzene rings is 1. The Hall–Kier alpha value is -3.36. The number of aromatic nitrogens is 2. The molecule has 2 rings (SSSR count). The van der Waals surface area contributed by atoms with Crippen molar-refractivity contribution in [3.05, 3.63) is 43.0 Å². The van der Waals surface area contributed by atoms with Gasteiger partial charge in [0.25, 0.3) is 0 Å². The lowest BCUT2D eigenvalue weighted by Gasteiger charge is -2.25. The van der Waals surface area contributed by atoms with E-state index in [0.29, 0.717) is 5.69 Å². The minimum absolute atomic E-state index is 0.296. The molecular weight excluding hydrogens is 374 g/mol. The molecule has 0 aliphatic heterocycles. The highest BCUT2D eigenvalue weighted by Crippen LogP contribution is 2.21. The Labute approximate surface area is 170 Å². The van der Waals surface area contributed by atoms with E-state index < -0.39 is 29.8 Å². The van der Waals surface area contributed by atoms with Crippen molar-refractivity contribution in [2.24, 2.45) is 0 Å². The SMILES string of the molecule is CN(C)c1ccc(N(CC(=O)OC(C)(C)C)C(=O)CC(=O)Nn2ccnc2)cc1. The molecule has 0 unspecified atom stereocenters. The van der Waals surface area contributed by atoms with E-state index in [2.05, 4.69) is 10.4 Å². The first kappa shape index (κ1) is 21.9. The second-order valence-electron chi connectivity index (χ2n) is 7.66. The number of hydrogen-bond acceptors (Lipinski definition) is 6. The number of carbonyl (C=O) groups excluding carboxylic acids is 3. The van der Waals surface area contributed by atoms with Gasteiger partial charge in [-0.25, -0.2) is 9.66 Å². The number of imidazole rings is 1. The molecule has 0 aliphatic carbocycles. The van der Waals surface area contributed by atoms with Crippen LogP contribution >= 0.6 is 0 Å². The van der Waals surface area contributed by atoms with Gasteiger partial charge in [-0.15, -0.1) is 0 Å². The molecule has 9 nitrogen and oxygen atoms in total. The van der Waals surface area contributed by atoms with Gasteiger partial charge >= 0.3 is 5.97 Å². The highest BCUT2D eigenvalue weighted by atomic mass is 16.6. The highest BCUT2D eigenvalue weighted by molar-refractivity contribution is 6.08. The van der Waals surface area contributed by atoms with Gasteiger partial charge in [0.1, 0.15) is 24.9 Å². The van der Waals surface area contributed by atoms with Gasteiger partial charge in [0, 0.05) is 37.9 Å². The number of ether oxygens (including phenoxy) is 1. The molecule has 9 heteroatoms. The molecule has 156 valence electrons. The Balaban J connectivity index is 2.17. The van der Waals surface area contributed by atoms with Crippen LogP contribution in [-0.2, 0) is 19.1 Å². The molecule has 0 fully saturated rings. The van der Waals surface area contributed by atoms with Crippen molar-refractivity contribution in [1.82, 2.24) is 9.66 Å². The minimum atomic E-state index is -0.681. The molecule has 2 amide bonds. The molecule has 0 saturated heterocycles. The normalized spacial score (nSPS) is 10.9. The van der Waals surface area contributed by atoms with E-state index in [0.717, 1.165) is 5.69 Å². The predicted octanol–water partition coefficient (Wildman–Crippen LogP) is 1.78. The fourth-order valence-electron chi connectivity index (χ4n) is 2.50. The number of carbonyl (C=O) groups is 3. The second kappa shape index (κ2) is 9.22. The van der Waals surface area contributed by atoms with E-state index in [4.69, 9.17) is 4.74 Å². The first-order valence-electron chi connectivity index (χ1n) is 9.12. The highest BCUT2D eigenvalue weighted by Gasteiger charge is 2.25. The topological polar surface area (TPSA) is 96.8 Å². The summed E-state index contributed by atoms with van der Waals surface area (Å²) in [5.74, 6) is -1.60.